The summed E-state index contributed by atoms with van der Waals surface area (Å²) in [5.74, 6) is -0.501. The molecule has 5 nitrogen and oxygen atoms in total. The van der Waals surface area contributed by atoms with Crippen molar-refractivity contribution in [3.63, 3.8) is 0 Å². The maximum Gasteiger partial charge on any atom is 0.410 e. The SMILES string of the molecule is CCOc1ccc(F)cc1C1CCN(C(=O)OC(C)(C)C)CC1=O. The predicted octanol–water partition coefficient (Wildman–Crippen LogP) is 3.52. The van der Waals surface area contributed by atoms with Crippen molar-refractivity contribution in [1.82, 2.24) is 4.90 Å². The number of hydrogen-bond acceptors (Lipinski definition) is 4. The van der Waals surface area contributed by atoms with Crippen molar-refractivity contribution in [3.05, 3.63) is 29.6 Å². The molecule has 0 N–H and O–H groups in total. The Morgan fingerprint density at radius 2 is 2.08 bits per heavy atom. The van der Waals surface area contributed by atoms with Crippen LogP contribution < -0.4 is 4.74 Å². The van der Waals surface area contributed by atoms with Gasteiger partial charge in [-0.25, -0.2) is 9.18 Å². The molecule has 0 bridgehead atoms. The number of ether oxygens (including phenoxy) is 2. The fraction of sp³-hybridized carbons (Fsp3) is 0.556. The first-order valence-corrected chi connectivity index (χ1v) is 8.14. The first kappa shape index (κ1) is 18.2. The molecule has 1 aromatic carbocycles. The fourth-order valence-electron chi connectivity index (χ4n) is 2.71. The minimum Gasteiger partial charge on any atom is -0.494 e. The lowest BCUT2D eigenvalue weighted by atomic mass is 9.87. The minimum atomic E-state index is -0.609. The average molecular weight is 337 g/mol. The molecule has 1 aliphatic heterocycles. The quantitative estimate of drug-likeness (QED) is 0.847. The van der Waals surface area contributed by atoms with Crippen molar-refractivity contribution in [1.29, 1.82) is 0 Å². The van der Waals surface area contributed by atoms with Crippen LogP contribution in [0.4, 0.5) is 9.18 Å². The molecule has 1 saturated heterocycles. The Labute approximate surface area is 141 Å². The molecule has 1 fully saturated rings. The number of hydrogen-bond donors (Lipinski definition) is 0. The van der Waals surface area contributed by atoms with E-state index in [2.05, 4.69) is 0 Å². The summed E-state index contributed by atoms with van der Waals surface area (Å²) in [6, 6.07) is 4.20. The third-order valence-corrected chi connectivity index (χ3v) is 3.72. The van der Waals surface area contributed by atoms with Crippen LogP contribution in [0, 0.1) is 5.82 Å². The molecule has 1 heterocycles. The number of carbonyl (C=O) groups excluding carboxylic acids is 2. The van der Waals surface area contributed by atoms with Gasteiger partial charge in [0, 0.05) is 18.0 Å². The number of benzene rings is 1. The Kier molecular flexibility index (Phi) is 5.47. The van der Waals surface area contributed by atoms with E-state index in [1.165, 1.54) is 17.0 Å². The highest BCUT2D eigenvalue weighted by Crippen LogP contribution is 2.33. The number of halogens is 1. The van der Waals surface area contributed by atoms with Crippen LogP contribution >= 0.6 is 0 Å². The van der Waals surface area contributed by atoms with Crippen LogP contribution in [0.15, 0.2) is 18.2 Å². The first-order chi connectivity index (χ1) is 11.2. The van der Waals surface area contributed by atoms with E-state index >= 15 is 0 Å². The number of ketones is 1. The van der Waals surface area contributed by atoms with Crippen LogP contribution in [0.3, 0.4) is 0 Å². The van der Waals surface area contributed by atoms with Gasteiger partial charge in [-0.15, -0.1) is 0 Å². The molecule has 0 saturated carbocycles. The fourth-order valence-corrected chi connectivity index (χ4v) is 2.71. The molecule has 0 spiro atoms. The first-order valence-electron chi connectivity index (χ1n) is 8.14. The second-order valence-electron chi connectivity index (χ2n) is 6.82. The van der Waals surface area contributed by atoms with Gasteiger partial charge in [0.1, 0.15) is 17.2 Å². The Hall–Kier alpha value is -2.11. The highest BCUT2D eigenvalue weighted by molar-refractivity contribution is 5.91. The molecular weight excluding hydrogens is 313 g/mol. The van der Waals surface area contributed by atoms with E-state index in [0.717, 1.165) is 0 Å². The molecule has 24 heavy (non-hydrogen) atoms. The Balaban J connectivity index is 2.13. The van der Waals surface area contributed by atoms with Gasteiger partial charge in [0.25, 0.3) is 0 Å². The van der Waals surface area contributed by atoms with E-state index in [0.29, 0.717) is 30.9 Å². The number of rotatable bonds is 3. The smallest absolute Gasteiger partial charge is 0.410 e. The van der Waals surface area contributed by atoms with E-state index in [9.17, 15) is 14.0 Å². The number of amides is 1. The maximum absolute atomic E-state index is 13.6. The molecule has 0 aliphatic carbocycles. The monoisotopic (exact) mass is 337 g/mol. The molecule has 2 rings (SSSR count). The van der Waals surface area contributed by atoms with Gasteiger partial charge in [0.05, 0.1) is 13.2 Å². The van der Waals surface area contributed by atoms with E-state index in [1.54, 1.807) is 26.8 Å². The molecule has 132 valence electrons. The zero-order valence-electron chi connectivity index (χ0n) is 14.6. The van der Waals surface area contributed by atoms with Crippen molar-refractivity contribution in [3.8, 4) is 5.75 Å². The van der Waals surface area contributed by atoms with Gasteiger partial charge < -0.3 is 14.4 Å². The van der Waals surface area contributed by atoms with Gasteiger partial charge in [0.15, 0.2) is 5.78 Å². The largest absolute Gasteiger partial charge is 0.494 e. The normalized spacial score (nSPS) is 18.5. The lowest BCUT2D eigenvalue weighted by Crippen LogP contribution is -2.45. The zero-order valence-corrected chi connectivity index (χ0v) is 14.6. The van der Waals surface area contributed by atoms with E-state index in [-0.39, 0.29) is 12.3 Å². The molecule has 6 heteroatoms. The van der Waals surface area contributed by atoms with E-state index in [4.69, 9.17) is 9.47 Å². The number of carbonyl (C=O) groups is 2. The summed E-state index contributed by atoms with van der Waals surface area (Å²) >= 11 is 0. The van der Waals surface area contributed by atoms with Gasteiger partial charge in [0.2, 0.25) is 0 Å². The van der Waals surface area contributed by atoms with Crippen LogP contribution in [-0.4, -0.2) is 42.1 Å². The summed E-state index contributed by atoms with van der Waals surface area (Å²) in [5.41, 5.74) is -0.0625. The van der Waals surface area contributed by atoms with Gasteiger partial charge in [-0.3, -0.25) is 4.79 Å². The second kappa shape index (κ2) is 7.20. The lowest BCUT2D eigenvalue weighted by molar-refractivity contribution is -0.123. The summed E-state index contributed by atoms with van der Waals surface area (Å²) < 4.78 is 24.4. The third-order valence-electron chi connectivity index (χ3n) is 3.72. The summed E-state index contributed by atoms with van der Waals surface area (Å²) in [6.07, 6.45) is -0.0831. The molecule has 0 radical (unpaired) electrons. The molecular formula is C18H24FNO4. The van der Waals surface area contributed by atoms with Crippen molar-refractivity contribution in [2.45, 2.75) is 45.6 Å². The molecule has 1 atom stereocenters. The summed E-state index contributed by atoms with van der Waals surface area (Å²) in [4.78, 5) is 26.0. The van der Waals surface area contributed by atoms with Crippen LogP contribution in [0.25, 0.3) is 0 Å². The van der Waals surface area contributed by atoms with Crippen LogP contribution in [0.5, 0.6) is 5.75 Å². The molecule has 1 aliphatic rings. The van der Waals surface area contributed by atoms with Crippen LogP contribution in [-0.2, 0) is 9.53 Å². The number of likely N-dealkylation sites (tertiary alicyclic amines) is 1. The highest BCUT2D eigenvalue weighted by atomic mass is 19.1. The second-order valence-corrected chi connectivity index (χ2v) is 6.82. The third kappa shape index (κ3) is 4.46. The number of nitrogens with zero attached hydrogens (tertiary/aromatic N) is 1. The topological polar surface area (TPSA) is 55.8 Å². The predicted molar refractivity (Wildman–Crippen MR) is 87.7 cm³/mol. The van der Waals surface area contributed by atoms with Gasteiger partial charge in [-0.1, -0.05) is 0 Å². The number of Topliss-reactive ketones (excluding diaryl/α,β-unsaturated/α-hetero) is 1. The summed E-state index contributed by atoms with van der Waals surface area (Å²) in [5, 5.41) is 0. The lowest BCUT2D eigenvalue weighted by Gasteiger charge is -2.33. The van der Waals surface area contributed by atoms with E-state index < -0.39 is 23.4 Å². The van der Waals surface area contributed by atoms with Gasteiger partial charge in [-0.05, 0) is 52.3 Å². The Morgan fingerprint density at radius 3 is 2.67 bits per heavy atom. The van der Waals surface area contributed by atoms with Crippen molar-refractivity contribution >= 4 is 11.9 Å². The molecule has 1 amide bonds. The number of piperidine rings is 1. The highest BCUT2D eigenvalue weighted by Gasteiger charge is 2.34. The van der Waals surface area contributed by atoms with E-state index in [1.807, 2.05) is 6.92 Å². The zero-order chi connectivity index (χ0) is 17.9. The molecule has 1 unspecified atom stereocenters. The van der Waals surface area contributed by atoms with Crippen LogP contribution in [0.1, 0.15) is 45.6 Å². The Morgan fingerprint density at radius 1 is 1.38 bits per heavy atom. The molecule has 0 aromatic heterocycles. The average Bonchev–Trinajstić information content (AvgIpc) is 2.47. The maximum atomic E-state index is 13.6. The Bertz CT molecular complexity index is 624. The van der Waals surface area contributed by atoms with Crippen molar-refractivity contribution < 1.29 is 23.5 Å². The van der Waals surface area contributed by atoms with Crippen molar-refractivity contribution in [2.75, 3.05) is 19.7 Å². The standard InChI is InChI=1S/C18H24FNO4/c1-5-23-16-7-6-12(19)10-14(16)13-8-9-20(11-15(13)21)17(22)24-18(2,3)4/h6-7,10,13H,5,8-9,11H2,1-4H3. The minimum absolute atomic E-state index is 0.0400. The van der Waals surface area contributed by atoms with Crippen LogP contribution in [0.2, 0.25) is 0 Å². The van der Waals surface area contributed by atoms with Gasteiger partial charge in [-0.2, -0.15) is 0 Å². The molecule has 1 aromatic rings. The van der Waals surface area contributed by atoms with Gasteiger partial charge >= 0.3 is 6.09 Å². The summed E-state index contributed by atoms with van der Waals surface area (Å²) in [7, 11) is 0. The van der Waals surface area contributed by atoms with Crippen molar-refractivity contribution in [2.24, 2.45) is 0 Å². The summed E-state index contributed by atoms with van der Waals surface area (Å²) in [6.45, 7) is 7.94.